The molecule has 0 bridgehead atoms. The van der Waals surface area contributed by atoms with Crippen LogP contribution in [-0.2, 0) is 6.42 Å². The van der Waals surface area contributed by atoms with E-state index in [4.69, 9.17) is 9.84 Å². The monoisotopic (exact) mass is 357 g/mol. The van der Waals surface area contributed by atoms with Gasteiger partial charge in [0.2, 0.25) is 0 Å². The van der Waals surface area contributed by atoms with Crippen LogP contribution in [0.3, 0.4) is 0 Å². The molecule has 26 heavy (non-hydrogen) atoms. The lowest BCUT2D eigenvalue weighted by atomic mass is 10.0. The molecule has 6 heteroatoms. The Balaban J connectivity index is 2.17. The van der Waals surface area contributed by atoms with Crippen LogP contribution in [0.2, 0.25) is 0 Å². The third-order valence-corrected chi connectivity index (χ3v) is 4.24. The summed E-state index contributed by atoms with van der Waals surface area (Å²) in [5, 5.41) is 18.6. The van der Waals surface area contributed by atoms with Crippen LogP contribution in [0.25, 0.3) is 0 Å². The molecule has 2 N–H and O–H groups in total. The number of carbonyl (C=O) groups is 2. The largest absolute Gasteiger partial charge is 0.507 e. The van der Waals surface area contributed by atoms with Gasteiger partial charge >= 0.3 is 11.9 Å². The molecule has 0 aliphatic heterocycles. The molecular formula is C20H23NO5. The van der Waals surface area contributed by atoms with Gasteiger partial charge in [-0.3, -0.25) is 0 Å². The molecule has 0 aromatic heterocycles. The molecule has 0 saturated carbocycles. The van der Waals surface area contributed by atoms with E-state index in [1.807, 2.05) is 12.1 Å². The summed E-state index contributed by atoms with van der Waals surface area (Å²) in [5.41, 5.74) is 1.01. The second kappa shape index (κ2) is 9.01. The van der Waals surface area contributed by atoms with Crippen molar-refractivity contribution in [2.45, 2.75) is 20.3 Å². The van der Waals surface area contributed by atoms with Crippen LogP contribution in [0, 0.1) is 0 Å². The number of aromatic carboxylic acids is 1. The molecule has 0 amide bonds. The van der Waals surface area contributed by atoms with Gasteiger partial charge in [-0.25, -0.2) is 9.59 Å². The fraction of sp³-hybridized carbons (Fsp3) is 0.300. The molecule has 0 heterocycles. The Morgan fingerprint density at radius 3 is 2.38 bits per heavy atom. The number of hydrogen-bond donors (Lipinski definition) is 2. The van der Waals surface area contributed by atoms with E-state index in [1.165, 1.54) is 12.1 Å². The van der Waals surface area contributed by atoms with E-state index < -0.39 is 11.9 Å². The van der Waals surface area contributed by atoms with Crippen LogP contribution in [0.15, 0.2) is 42.5 Å². The number of benzene rings is 2. The molecule has 0 aliphatic rings. The number of rotatable bonds is 8. The number of likely N-dealkylation sites (N-methyl/N-ethyl adjacent to an activating group) is 1. The highest BCUT2D eigenvalue weighted by Crippen LogP contribution is 2.24. The van der Waals surface area contributed by atoms with Crippen molar-refractivity contribution >= 4 is 11.9 Å². The van der Waals surface area contributed by atoms with Gasteiger partial charge in [0.15, 0.2) is 0 Å². The first-order valence-corrected chi connectivity index (χ1v) is 8.55. The van der Waals surface area contributed by atoms with E-state index in [-0.39, 0.29) is 17.1 Å². The molecule has 0 unspecified atom stereocenters. The summed E-state index contributed by atoms with van der Waals surface area (Å²) in [7, 11) is 0. The number of phenols is 1. The molecule has 0 atom stereocenters. The predicted molar refractivity (Wildman–Crippen MR) is 98.0 cm³/mol. The third kappa shape index (κ3) is 4.83. The van der Waals surface area contributed by atoms with Crippen molar-refractivity contribution in [3.05, 3.63) is 59.2 Å². The summed E-state index contributed by atoms with van der Waals surface area (Å²) in [6.45, 7) is 6.89. The average Bonchev–Trinajstić information content (AvgIpc) is 2.64. The normalized spacial score (nSPS) is 10.7. The Morgan fingerprint density at radius 1 is 1.04 bits per heavy atom. The molecule has 2 rings (SSSR count). The molecule has 0 fully saturated rings. The Labute approximate surface area is 152 Å². The van der Waals surface area contributed by atoms with Crippen molar-refractivity contribution in [1.29, 1.82) is 0 Å². The van der Waals surface area contributed by atoms with Gasteiger partial charge in [-0.1, -0.05) is 32.0 Å². The third-order valence-electron chi connectivity index (χ3n) is 4.24. The lowest BCUT2D eigenvalue weighted by molar-refractivity contribution is 0.0684. The topological polar surface area (TPSA) is 87.1 Å². The SMILES string of the molecule is CCN(CC)CCc1ccccc1C(=O)Oc1ccc(O)c(C(=O)O)c1. The molecule has 6 nitrogen and oxygen atoms in total. The quantitative estimate of drug-likeness (QED) is 0.557. The van der Waals surface area contributed by atoms with Gasteiger partial charge in [0.25, 0.3) is 0 Å². The van der Waals surface area contributed by atoms with Crippen molar-refractivity contribution in [2.75, 3.05) is 19.6 Å². The van der Waals surface area contributed by atoms with Gasteiger partial charge in [-0.05, 0) is 49.3 Å². The molecule has 2 aromatic carbocycles. The van der Waals surface area contributed by atoms with Gasteiger partial charge in [-0.2, -0.15) is 0 Å². The first-order chi connectivity index (χ1) is 12.5. The second-order valence-corrected chi connectivity index (χ2v) is 5.81. The van der Waals surface area contributed by atoms with Crippen LogP contribution in [0.4, 0.5) is 0 Å². The highest BCUT2D eigenvalue weighted by molar-refractivity contribution is 5.94. The average molecular weight is 357 g/mol. The molecular weight excluding hydrogens is 334 g/mol. The minimum Gasteiger partial charge on any atom is -0.507 e. The minimum atomic E-state index is -1.29. The highest BCUT2D eigenvalue weighted by atomic mass is 16.5. The van der Waals surface area contributed by atoms with Crippen molar-refractivity contribution < 1.29 is 24.5 Å². The zero-order chi connectivity index (χ0) is 19.1. The summed E-state index contributed by atoms with van der Waals surface area (Å²) in [4.78, 5) is 25.9. The Hall–Kier alpha value is -2.86. The maximum absolute atomic E-state index is 12.5. The molecule has 0 aliphatic carbocycles. The van der Waals surface area contributed by atoms with Crippen molar-refractivity contribution in [1.82, 2.24) is 4.90 Å². The number of hydrogen-bond acceptors (Lipinski definition) is 5. The fourth-order valence-corrected chi connectivity index (χ4v) is 2.67. The smallest absolute Gasteiger partial charge is 0.343 e. The number of esters is 1. The first kappa shape index (κ1) is 19.5. The minimum absolute atomic E-state index is 0.0729. The number of aromatic hydroxyl groups is 1. The van der Waals surface area contributed by atoms with Crippen molar-refractivity contribution in [3.8, 4) is 11.5 Å². The first-order valence-electron chi connectivity index (χ1n) is 8.55. The summed E-state index contributed by atoms with van der Waals surface area (Å²) >= 11 is 0. The molecule has 0 saturated heterocycles. The van der Waals surface area contributed by atoms with E-state index in [1.54, 1.807) is 12.1 Å². The number of carbonyl (C=O) groups excluding carboxylic acids is 1. The van der Waals surface area contributed by atoms with E-state index in [0.29, 0.717) is 12.0 Å². The van der Waals surface area contributed by atoms with Crippen LogP contribution < -0.4 is 4.74 Å². The van der Waals surface area contributed by atoms with E-state index in [9.17, 15) is 14.7 Å². The standard InChI is InChI=1S/C20H23NO5/c1-3-21(4-2)12-11-14-7-5-6-8-16(14)20(25)26-15-9-10-18(22)17(13-15)19(23)24/h5-10,13,22H,3-4,11-12H2,1-2H3,(H,23,24). The van der Waals surface area contributed by atoms with E-state index >= 15 is 0 Å². The summed E-state index contributed by atoms with van der Waals surface area (Å²) in [6.07, 6.45) is 0.711. The van der Waals surface area contributed by atoms with Crippen LogP contribution in [0.1, 0.15) is 40.1 Å². The molecule has 2 aromatic rings. The maximum atomic E-state index is 12.5. The van der Waals surface area contributed by atoms with Crippen LogP contribution >= 0.6 is 0 Å². The number of ether oxygens (including phenoxy) is 1. The summed E-state index contributed by atoms with van der Waals surface area (Å²) < 4.78 is 5.32. The molecule has 0 radical (unpaired) electrons. The van der Waals surface area contributed by atoms with E-state index in [0.717, 1.165) is 31.3 Å². The van der Waals surface area contributed by atoms with Gasteiger partial charge < -0.3 is 19.8 Å². The zero-order valence-corrected chi connectivity index (χ0v) is 14.9. The zero-order valence-electron chi connectivity index (χ0n) is 14.9. The van der Waals surface area contributed by atoms with Crippen molar-refractivity contribution in [2.24, 2.45) is 0 Å². The van der Waals surface area contributed by atoms with Crippen molar-refractivity contribution in [3.63, 3.8) is 0 Å². The van der Waals surface area contributed by atoms with Gasteiger partial charge in [0.1, 0.15) is 17.1 Å². The summed E-state index contributed by atoms with van der Waals surface area (Å²) in [5.74, 6) is -2.15. The number of carboxylic acids is 1. The summed E-state index contributed by atoms with van der Waals surface area (Å²) in [6, 6.07) is 10.9. The number of carboxylic acid groups (broad SMARTS) is 1. The van der Waals surface area contributed by atoms with Gasteiger partial charge in [0.05, 0.1) is 5.56 Å². The highest BCUT2D eigenvalue weighted by Gasteiger charge is 2.16. The second-order valence-electron chi connectivity index (χ2n) is 5.81. The Bertz CT molecular complexity index is 784. The fourth-order valence-electron chi connectivity index (χ4n) is 2.67. The Kier molecular flexibility index (Phi) is 6.74. The van der Waals surface area contributed by atoms with Gasteiger partial charge in [-0.15, -0.1) is 0 Å². The molecule has 138 valence electrons. The lowest BCUT2D eigenvalue weighted by Crippen LogP contribution is -2.26. The van der Waals surface area contributed by atoms with Gasteiger partial charge in [0, 0.05) is 6.54 Å². The Morgan fingerprint density at radius 2 is 1.73 bits per heavy atom. The number of nitrogens with zero attached hydrogens (tertiary/aromatic N) is 1. The van der Waals surface area contributed by atoms with Crippen LogP contribution in [0.5, 0.6) is 11.5 Å². The predicted octanol–water partition coefficient (Wildman–Crippen LogP) is 3.19. The maximum Gasteiger partial charge on any atom is 0.343 e. The molecule has 0 spiro atoms. The van der Waals surface area contributed by atoms with Crippen LogP contribution in [-0.4, -0.2) is 46.7 Å². The lowest BCUT2D eigenvalue weighted by Gasteiger charge is -2.18. The van der Waals surface area contributed by atoms with E-state index in [2.05, 4.69) is 18.7 Å².